The maximum Gasteiger partial charge on any atom is 0.141 e. The number of benzene rings is 1. The molecule has 0 radical (unpaired) electrons. The maximum atomic E-state index is 12.9. The van der Waals surface area contributed by atoms with Crippen molar-refractivity contribution in [3.8, 4) is 0 Å². The standard InChI is InChI=1S/C13H20ClFN2/c1-13(2,3)17-7-6-16-9-10-4-5-12(15)11(14)8-10/h4-5,8,16-17H,6-7,9H2,1-3H3. The number of hydrogen-bond donors (Lipinski definition) is 2. The van der Waals surface area contributed by atoms with Gasteiger partial charge >= 0.3 is 0 Å². The Bertz CT molecular complexity index is 361. The van der Waals surface area contributed by atoms with E-state index in [9.17, 15) is 4.39 Å². The van der Waals surface area contributed by atoms with Gasteiger partial charge in [0.1, 0.15) is 5.82 Å². The van der Waals surface area contributed by atoms with Crippen molar-refractivity contribution < 1.29 is 4.39 Å². The summed E-state index contributed by atoms with van der Waals surface area (Å²) in [5.41, 5.74) is 1.13. The number of hydrogen-bond acceptors (Lipinski definition) is 2. The molecule has 1 aromatic rings. The van der Waals surface area contributed by atoms with Crippen molar-refractivity contribution in [2.45, 2.75) is 32.9 Å². The van der Waals surface area contributed by atoms with E-state index in [1.54, 1.807) is 12.1 Å². The third kappa shape index (κ3) is 6.01. The zero-order valence-electron chi connectivity index (χ0n) is 10.6. The molecule has 1 aromatic carbocycles. The summed E-state index contributed by atoms with van der Waals surface area (Å²) < 4.78 is 12.9. The smallest absolute Gasteiger partial charge is 0.141 e. The molecule has 1 rings (SSSR count). The minimum Gasteiger partial charge on any atom is -0.311 e. The summed E-state index contributed by atoms with van der Waals surface area (Å²) in [5.74, 6) is -0.371. The van der Waals surface area contributed by atoms with Gasteiger partial charge in [-0.3, -0.25) is 0 Å². The Kier molecular flexibility index (Phi) is 5.37. The fourth-order valence-corrected chi connectivity index (χ4v) is 1.61. The highest BCUT2D eigenvalue weighted by molar-refractivity contribution is 6.30. The molecule has 2 nitrogen and oxygen atoms in total. The Morgan fingerprint density at radius 1 is 1.24 bits per heavy atom. The first-order valence-electron chi connectivity index (χ1n) is 5.78. The molecule has 0 aliphatic carbocycles. The monoisotopic (exact) mass is 258 g/mol. The zero-order chi connectivity index (χ0) is 12.9. The van der Waals surface area contributed by atoms with Crippen LogP contribution in [0.2, 0.25) is 5.02 Å². The predicted molar refractivity (Wildman–Crippen MR) is 70.9 cm³/mol. The molecular formula is C13H20ClFN2. The summed E-state index contributed by atoms with van der Waals surface area (Å²) in [7, 11) is 0. The van der Waals surface area contributed by atoms with Crippen molar-refractivity contribution in [3.05, 3.63) is 34.6 Å². The number of halogens is 2. The normalized spacial score (nSPS) is 11.8. The molecule has 0 aliphatic heterocycles. The van der Waals surface area contributed by atoms with Crippen LogP contribution >= 0.6 is 11.6 Å². The lowest BCUT2D eigenvalue weighted by atomic mass is 10.1. The average molecular weight is 259 g/mol. The van der Waals surface area contributed by atoms with E-state index >= 15 is 0 Å². The lowest BCUT2D eigenvalue weighted by Crippen LogP contribution is -2.40. The van der Waals surface area contributed by atoms with E-state index in [0.717, 1.165) is 18.7 Å². The molecule has 0 heterocycles. The van der Waals surface area contributed by atoms with Crippen LogP contribution in [0.15, 0.2) is 18.2 Å². The van der Waals surface area contributed by atoms with Crippen LogP contribution in [-0.2, 0) is 6.54 Å². The van der Waals surface area contributed by atoms with Gasteiger partial charge in [0.15, 0.2) is 0 Å². The van der Waals surface area contributed by atoms with E-state index in [1.807, 2.05) is 0 Å². The second kappa shape index (κ2) is 6.34. The first-order chi connectivity index (χ1) is 7.88. The lowest BCUT2D eigenvalue weighted by molar-refractivity contribution is 0.421. The van der Waals surface area contributed by atoms with Crippen LogP contribution in [0.5, 0.6) is 0 Å². The molecule has 0 saturated carbocycles. The topological polar surface area (TPSA) is 24.1 Å². The van der Waals surface area contributed by atoms with Crippen LogP contribution in [0.4, 0.5) is 4.39 Å². The Morgan fingerprint density at radius 2 is 1.94 bits per heavy atom. The lowest BCUT2D eigenvalue weighted by Gasteiger charge is -2.20. The van der Waals surface area contributed by atoms with E-state index < -0.39 is 0 Å². The number of rotatable bonds is 5. The van der Waals surface area contributed by atoms with Gasteiger partial charge in [0, 0.05) is 25.2 Å². The SMILES string of the molecule is CC(C)(C)NCCNCc1ccc(F)c(Cl)c1. The summed E-state index contributed by atoms with van der Waals surface area (Å²) in [6.07, 6.45) is 0. The average Bonchev–Trinajstić information content (AvgIpc) is 2.21. The summed E-state index contributed by atoms with van der Waals surface area (Å²) in [6, 6.07) is 4.79. The molecule has 4 heteroatoms. The summed E-state index contributed by atoms with van der Waals surface area (Å²) in [5, 5.41) is 6.84. The van der Waals surface area contributed by atoms with Crippen LogP contribution < -0.4 is 10.6 Å². The largest absolute Gasteiger partial charge is 0.311 e. The molecule has 0 spiro atoms. The molecule has 0 bridgehead atoms. The molecule has 17 heavy (non-hydrogen) atoms. The Hall–Kier alpha value is -0.640. The fraction of sp³-hybridized carbons (Fsp3) is 0.538. The second-order valence-electron chi connectivity index (χ2n) is 5.10. The van der Waals surface area contributed by atoms with Gasteiger partial charge in [0.2, 0.25) is 0 Å². The van der Waals surface area contributed by atoms with E-state index in [4.69, 9.17) is 11.6 Å². The second-order valence-corrected chi connectivity index (χ2v) is 5.51. The summed E-state index contributed by atoms with van der Waals surface area (Å²) >= 11 is 5.70. The molecule has 0 aliphatic rings. The highest BCUT2D eigenvalue weighted by atomic mass is 35.5. The molecule has 96 valence electrons. The van der Waals surface area contributed by atoms with Crippen LogP contribution in [-0.4, -0.2) is 18.6 Å². The van der Waals surface area contributed by atoms with Crippen molar-refractivity contribution in [1.82, 2.24) is 10.6 Å². The molecule has 0 fully saturated rings. The Labute approximate surface area is 108 Å². The minimum absolute atomic E-state index is 0.140. The third-order valence-corrected chi connectivity index (χ3v) is 2.56. The fourth-order valence-electron chi connectivity index (χ4n) is 1.41. The van der Waals surface area contributed by atoms with Gasteiger partial charge in [-0.2, -0.15) is 0 Å². The van der Waals surface area contributed by atoms with Gasteiger partial charge in [0.05, 0.1) is 5.02 Å². The highest BCUT2D eigenvalue weighted by Gasteiger charge is 2.07. The molecule has 2 N–H and O–H groups in total. The van der Waals surface area contributed by atoms with Gasteiger partial charge in [0.25, 0.3) is 0 Å². The quantitative estimate of drug-likeness (QED) is 0.794. The van der Waals surface area contributed by atoms with E-state index in [-0.39, 0.29) is 16.4 Å². The van der Waals surface area contributed by atoms with Crippen molar-refractivity contribution in [1.29, 1.82) is 0 Å². The van der Waals surface area contributed by atoms with Gasteiger partial charge in [-0.25, -0.2) is 4.39 Å². The van der Waals surface area contributed by atoms with Crippen LogP contribution in [0, 0.1) is 5.82 Å². The van der Waals surface area contributed by atoms with E-state index in [2.05, 4.69) is 31.4 Å². The zero-order valence-corrected chi connectivity index (χ0v) is 11.4. The van der Waals surface area contributed by atoms with Gasteiger partial charge in [-0.15, -0.1) is 0 Å². The first-order valence-corrected chi connectivity index (χ1v) is 6.16. The molecule has 0 unspecified atom stereocenters. The van der Waals surface area contributed by atoms with Crippen molar-refractivity contribution >= 4 is 11.6 Å². The highest BCUT2D eigenvalue weighted by Crippen LogP contribution is 2.15. The summed E-state index contributed by atoms with van der Waals surface area (Å²) in [6.45, 7) is 8.86. The van der Waals surface area contributed by atoms with Gasteiger partial charge in [-0.1, -0.05) is 17.7 Å². The molecule has 0 amide bonds. The van der Waals surface area contributed by atoms with Crippen LogP contribution in [0.3, 0.4) is 0 Å². The van der Waals surface area contributed by atoms with Crippen LogP contribution in [0.25, 0.3) is 0 Å². The summed E-state index contributed by atoms with van der Waals surface area (Å²) in [4.78, 5) is 0. The van der Waals surface area contributed by atoms with Gasteiger partial charge in [-0.05, 0) is 38.5 Å². The Morgan fingerprint density at radius 3 is 2.53 bits per heavy atom. The number of nitrogens with one attached hydrogen (secondary N) is 2. The molecule has 0 aromatic heterocycles. The van der Waals surface area contributed by atoms with Crippen LogP contribution in [0.1, 0.15) is 26.3 Å². The van der Waals surface area contributed by atoms with Crippen molar-refractivity contribution in [2.75, 3.05) is 13.1 Å². The van der Waals surface area contributed by atoms with Gasteiger partial charge < -0.3 is 10.6 Å². The molecule has 0 saturated heterocycles. The Balaban J connectivity index is 2.25. The first kappa shape index (κ1) is 14.4. The minimum atomic E-state index is -0.371. The van der Waals surface area contributed by atoms with Crippen molar-refractivity contribution in [2.24, 2.45) is 0 Å². The third-order valence-electron chi connectivity index (χ3n) is 2.27. The molecular weight excluding hydrogens is 239 g/mol. The van der Waals surface area contributed by atoms with E-state index in [1.165, 1.54) is 6.07 Å². The van der Waals surface area contributed by atoms with Crippen molar-refractivity contribution in [3.63, 3.8) is 0 Å². The van der Waals surface area contributed by atoms with E-state index in [0.29, 0.717) is 6.54 Å². The maximum absolute atomic E-state index is 12.9. The predicted octanol–water partition coefficient (Wildman–Crippen LogP) is 2.96. The molecule has 0 atom stereocenters.